The minimum Gasteiger partial charge on any atom is -0.487 e. The van der Waals surface area contributed by atoms with E-state index in [-0.39, 0.29) is 29.0 Å². The van der Waals surface area contributed by atoms with Crippen molar-refractivity contribution in [1.82, 2.24) is 9.29 Å². The maximum Gasteiger partial charge on any atom is 0.244 e. The van der Waals surface area contributed by atoms with Gasteiger partial charge < -0.3 is 4.74 Å². The number of benzene rings is 1. The minimum atomic E-state index is -3.92. The van der Waals surface area contributed by atoms with Crippen molar-refractivity contribution in [1.29, 1.82) is 0 Å². The van der Waals surface area contributed by atoms with Gasteiger partial charge >= 0.3 is 0 Å². The third-order valence-corrected chi connectivity index (χ3v) is 7.12. The van der Waals surface area contributed by atoms with Crippen molar-refractivity contribution in [2.75, 3.05) is 19.3 Å². The quantitative estimate of drug-likeness (QED) is 0.774. The van der Waals surface area contributed by atoms with Gasteiger partial charge in [0.05, 0.1) is 17.6 Å². The van der Waals surface area contributed by atoms with Crippen molar-refractivity contribution in [2.24, 2.45) is 0 Å². The Hall–Kier alpha value is -1.97. The van der Waals surface area contributed by atoms with Crippen LogP contribution in [0.1, 0.15) is 6.42 Å². The van der Waals surface area contributed by atoms with E-state index in [9.17, 15) is 16.8 Å². The molecule has 1 aromatic carbocycles. The lowest BCUT2D eigenvalue weighted by Crippen LogP contribution is -2.32. The van der Waals surface area contributed by atoms with E-state index in [1.807, 2.05) is 0 Å². The first kappa shape index (κ1) is 17.8. The summed E-state index contributed by atoms with van der Waals surface area (Å²) in [6.45, 7) is 0.431. The van der Waals surface area contributed by atoms with Gasteiger partial charge in [0.15, 0.2) is 9.84 Å². The lowest BCUT2D eigenvalue weighted by Gasteiger charge is -2.18. The van der Waals surface area contributed by atoms with Crippen LogP contribution in [0.15, 0.2) is 58.6 Å². The lowest BCUT2D eigenvalue weighted by atomic mass is 10.3. The Labute approximate surface area is 147 Å². The van der Waals surface area contributed by atoms with Crippen LogP contribution in [-0.2, 0) is 19.9 Å². The number of aromatic nitrogens is 1. The van der Waals surface area contributed by atoms with Crippen LogP contribution >= 0.6 is 0 Å². The zero-order valence-corrected chi connectivity index (χ0v) is 15.2. The van der Waals surface area contributed by atoms with Gasteiger partial charge in [0.25, 0.3) is 0 Å². The topological polar surface area (TPSA) is 93.6 Å². The van der Waals surface area contributed by atoms with E-state index >= 15 is 0 Å². The fraction of sp³-hybridized carbons (Fsp3) is 0.312. The second-order valence-electron chi connectivity index (χ2n) is 5.80. The summed E-state index contributed by atoms with van der Waals surface area (Å²) in [7, 11) is -7.57. The lowest BCUT2D eigenvalue weighted by molar-refractivity contribution is 0.214. The molecule has 1 aliphatic heterocycles. The van der Waals surface area contributed by atoms with Crippen molar-refractivity contribution in [3.8, 4) is 5.75 Å². The van der Waals surface area contributed by atoms with Crippen LogP contribution in [0.3, 0.4) is 0 Å². The monoisotopic (exact) mass is 382 g/mol. The molecule has 1 unspecified atom stereocenters. The minimum absolute atomic E-state index is 0.162. The van der Waals surface area contributed by atoms with Crippen molar-refractivity contribution < 1.29 is 21.6 Å². The van der Waals surface area contributed by atoms with Crippen LogP contribution in [0.2, 0.25) is 0 Å². The molecular formula is C16H18N2O5S2. The maximum atomic E-state index is 12.9. The predicted octanol–water partition coefficient (Wildman–Crippen LogP) is 1.33. The van der Waals surface area contributed by atoms with Gasteiger partial charge in [0.1, 0.15) is 16.7 Å². The summed E-state index contributed by atoms with van der Waals surface area (Å²) in [5.41, 5.74) is 0. The smallest absolute Gasteiger partial charge is 0.244 e. The Morgan fingerprint density at radius 1 is 1.08 bits per heavy atom. The Kier molecular flexibility index (Phi) is 4.81. The summed E-state index contributed by atoms with van der Waals surface area (Å²) < 4.78 is 56.6. The first-order valence-corrected chi connectivity index (χ1v) is 11.0. The molecule has 0 radical (unpaired) electrons. The maximum absolute atomic E-state index is 12.9. The summed E-state index contributed by atoms with van der Waals surface area (Å²) in [5, 5.41) is 0. The molecule has 25 heavy (non-hydrogen) atoms. The summed E-state index contributed by atoms with van der Waals surface area (Å²) in [4.78, 5) is 3.57. The van der Waals surface area contributed by atoms with E-state index in [2.05, 4.69) is 4.98 Å². The number of ether oxygens (including phenoxy) is 1. The molecule has 0 amide bonds. The highest BCUT2D eigenvalue weighted by atomic mass is 32.2. The summed E-state index contributed by atoms with van der Waals surface area (Å²) in [5.74, 6) is 0.572. The summed E-state index contributed by atoms with van der Waals surface area (Å²) >= 11 is 0. The van der Waals surface area contributed by atoms with E-state index in [4.69, 9.17) is 4.74 Å². The van der Waals surface area contributed by atoms with Gasteiger partial charge in [-0.1, -0.05) is 12.1 Å². The third-order valence-electron chi connectivity index (χ3n) is 3.91. The van der Waals surface area contributed by atoms with E-state index in [1.54, 1.807) is 24.5 Å². The van der Waals surface area contributed by atoms with Crippen LogP contribution in [0.5, 0.6) is 5.75 Å². The summed E-state index contributed by atoms with van der Waals surface area (Å²) in [6.07, 6.45) is 4.41. The molecule has 1 saturated heterocycles. The summed E-state index contributed by atoms with van der Waals surface area (Å²) in [6, 6.07) is 9.14. The van der Waals surface area contributed by atoms with E-state index in [0.717, 1.165) is 6.26 Å². The van der Waals surface area contributed by atoms with Gasteiger partial charge in [-0.3, -0.25) is 4.98 Å². The fourth-order valence-electron chi connectivity index (χ4n) is 2.73. The molecule has 2 aromatic rings. The molecule has 0 spiro atoms. The molecule has 0 N–H and O–H groups in total. The van der Waals surface area contributed by atoms with Crippen LogP contribution < -0.4 is 4.74 Å². The highest BCUT2D eigenvalue weighted by molar-refractivity contribution is 7.93. The number of nitrogens with zero attached hydrogens (tertiary/aromatic N) is 2. The number of sulfonamides is 1. The molecule has 7 nitrogen and oxygen atoms in total. The number of pyridine rings is 1. The second-order valence-corrected chi connectivity index (χ2v) is 9.69. The molecule has 134 valence electrons. The third kappa shape index (κ3) is 3.83. The average Bonchev–Trinajstić information content (AvgIpc) is 3.04. The van der Waals surface area contributed by atoms with Crippen molar-refractivity contribution in [2.45, 2.75) is 22.3 Å². The van der Waals surface area contributed by atoms with E-state index in [1.165, 1.54) is 28.6 Å². The Morgan fingerprint density at radius 3 is 2.44 bits per heavy atom. The normalized spacial score (nSPS) is 19.0. The number of hydrogen-bond acceptors (Lipinski definition) is 6. The van der Waals surface area contributed by atoms with E-state index in [0.29, 0.717) is 12.2 Å². The molecule has 1 aromatic heterocycles. The molecule has 0 aliphatic carbocycles. The highest BCUT2D eigenvalue weighted by Gasteiger charge is 2.36. The first-order chi connectivity index (χ1) is 11.8. The number of sulfone groups is 1. The first-order valence-electron chi connectivity index (χ1n) is 7.64. The fourth-order valence-corrected chi connectivity index (χ4v) is 5.82. The molecular weight excluding hydrogens is 364 g/mol. The Balaban J connectivity index is 1.83. The zero-order chi connectivity index (χ0) is 18.1. The van der Waals surface area contributed by atoms with Gasteiger partial charge in [-0.05, 0) is 30.7 Å². The molecule has 0 saturated carbocycles. The molecule has 3 rings (SSSR count). The molecule has 0 bridgehead atoms. The van der Waals surface area contributed by atoms with Crippen LogP contribution in [0, 0.1) is 0 Å². The molecule has 1 fully saturated rings. The highest BCUT2D eigenvalue weighted by Crippen LogP contribution is 2.28. The standard InChI is InChI=1S/C16H18N2O5S2/c1-24(19,20)15-6-2-3-7-16(15)25(21,22)18-10-8-14(12-18)23-13-5-4-9-17-11-13/h2-7,9,11,14H,8,10,12H2,1H3. The largest absolute Gasteiger partial charge is 0.487 e. The van der Waals surface area contributed by atoms with Crippen molar-refractivity contribution in [3.63, 3.8) is 0 Å². The van der Waals surface area contributed by atoms with Gasteiger partial charge in [-0.25, -0.2) is 16.8 Å². The van der Waals surface area contributed by atoms with Gasteiger partial charge in [-0.2, -0.15) is 4.31 Å². The zero-order valence-electron chi connectivity index (χ0n) is 13.6. The predicted molar refractivity (Wildman–Crippen MR) is 91.6 cm³/mol. The van der Waals surface area contributed by atoms with Crippen LogP contribution in [0.25, 0.3) is 0 Å². The molecule has 9 heteroatoms. The van der Waals surface area contributed by atoms with Crippen molar-refractivity contribution >= 4 is 19.9 Å². The average molecular weight is 382 g/mol. The Morgan fingerprint density at radius 2 is 1.80 bits per heavy atom. The molecule has 1 aliphatic rings. The second kappa shape index (κ2) is 6.74. The van der Waals surface area contributed by atoms with Crippen LogP contribution in [0.4, 0.5) is 0 Å². The number of rotatable bonds is 5. The number of hydrogen-bond donors (Lipinski definition) is 0. The van der Waals surface area contributed by atoms with E-state index < -0.39 is 19.9 Å². The van der Waals surface area contributed by atoms with Gasteiger partial charge in [0.2, 0.25) is 10.0 Å². The Bertz CT molecular complexity index is 959. The molecule has 2 heterocycles. The molecule has 1 atom stereocenters. The van der Waals surface area contributed by atoms with Crippen LogP contribution in [-0.4, -0.2) is 51.6 Å². The SMILES string of the molecule is CS(=O)(=O)c1ccccc1S(=O)(=O)N1CCC(Oc2cccnc2)C1. The van der Waals surface area contributed by atoms with Crippen molar-refractivity contribution in [3.05, 3.63) is 48.8 Å². The van der Waals surface area contributed by atoms with Gasteiger partial charge in [-0.15, -0.1) is 0 Å². The van der Waals surface area contributed by atoms with Gasteiger partial charge in [0, 0.05) is 19.0 Å².